The third-order valence-corrected chi connectivity index (χ3v) is 5.36. The van der Waals surface area contributed by atoms with Crippen LogP contribution in [0.25, 0.3) is 0 Å². The van der Waals surface area contributed by atoms with E-state index in [1.807, 2.05) is 44.2 Å². The molecule has 1 aromatic heterocycles. The number of aromatic nitrogens is 1. The molecule has 1 heterocycles. The first kappa shape index (κ1) is 17.9. The summed E-state index contributed by atoms with van der Waals surface area (Å²) in [6.07, 6.45) is 1.52. The van der Waals surface area contributed by atoms with Gasteiger partial charge in [0, 0.05) is 6.20 Å². The number of rotatable bonds is 6. The maximum absolute atomic E-state index is 12.7. The molecule has 1 N–H and O–H groups in total. The van der Waals surface area contributed by atoms with E-state index in [0.717, 1.165) is 16.7 Å². The quantitative estimate of drug-likeness (QED) is 0.712. The Balaban J connectivity index is 1.82. The number of sulfonamides is 1. The zero-order valence-corrected chi connectivity index (χ0v) is 15.5. The van der Waals surface area contributed by atoms with Crippen molar-refractivity contribution in [3.8, 4) is 5.75 Å². The third kappa shape index (κ3) is 4.21. The fourth-order valence-electron chi connectivity index (χ4n) is 2.39. The first-order chi connectivity index (χ1) is 12.5. The highest BCUT2D eigenvalue weighted by Crippen LogP contribution is 2.25. The standard InChI is InChI=1S/C20H20N2O3S/c1-15-10-11-18(13-16(15)2)26(23,24)22-20-19(9-6-12-21-20)25-14-17-7-4-3-5-8-17/h3-13H,14H2,1-2H3,(H,21,22). The average Bonchev–Trinajstić information content (AvgIpc) is 2.64. The van der Waals surface area contributed by atoms with Crippen LogP contribution in [0.15, 0.2) is 71.8 Å². The van der Waals surface area contributed by atoms with Crippen LogP contribution in [0, 0.1) is 13.8 Å². The molecule has 0 bridgehead atoms. The molecule has 0 spiro atoms. The highest BCUT2D eigenvalue weighted by Gasteiger charge is 2.18. The Morgan fingerprint density at radius 3 is 2.46 bits per heavy atom. The number of hydrogen-bond donors (Lipinski definition) is 1. The van der Waals surface area contributed by atoms with E-state index in [1.165, 1.54) is 6.20 Å². The van der Waals surface area contributed by atoms with Crippen LogP contribution in [-0.2, 0) is 16.6 Å². The van der Waals surface area contributed by atoms with Gasteiger partial charge in [0.2, 0.25) is 0 Å². The summed E-state index contributed by atoms with van der Waals surface area (Å²) in [6, 6.07) is 18.1. The van der Waals surface area contributed by atoms with Crippen LogP contribution < -0.4 is 9.46 Å². The van der Waals surface area contributed by atoms with Gasteiger partial charge in [-0.05, 0) is 54.8 Å². The molecular formula is C20H20N2O3S. The lowest BCUT2D eigenvalue weighted by molar-refractivity contribution is 0.307. The lowest BCUT2D eigenvalue weighted by Gasteiger charge is -2.13. The predicted molar refractivity (Wildman–Crippen MR) is 102 cm³/mol. The summed E-state index contributed by atoms with van der Waals surface area (Å²) in [4.78, 5) is 4.32. The Labute approximate surface area is 153 Å². The smallest absolute Gasteiger partial charge is 0.263 e. The Morgan fingerprint density at radius 2 is 1.73 bits per heavy atom. The van der Waals surface area contributed by atoms with Crippen molar-refractivity contribution in [2.75, 3.05) is 4.72 Å². The summed E-state index contributed by atoms with van der Waals surface area (Å²) in [5.74, 6) is 0.547. The minimum Gasteiger partial charge on any atom is -0.485 e. The second-order valence-electron chi connectivity index (χ2n) is 5.98. The van der Waals surface area contributed by atoms with E-state index in [9.17, 15) is 8.42 Å². The fraction of sp³-hybridized carbons (Fsp3) is 0.150. The van der Waals surface area contributed by atoms with Crippen molar-refractivity contribution in [1.29, 1.82) is 0 Å². The largest absolute Gasteiger partial charge is 0.485 e. The molecule has 0 unspecified atom stereocenters. The van der Waals surface area contributed by atoms with Crippen molar-refractivity contribution >= 4 is 15.8 Å². The van der Waals surface area contributed by atoms with Crippen LogP contribution >= 0.6 is 0 Å². The molecule has 0 atom stereocenters. The lowest BCUT2D eigenvalue weighted by atomic mass is 10.1. The molecule has 0 radical (unpaired) electrons. The maximum atomic E-state index is 12.7. The Morgan fingerprint density at radius 1 is 0.962 bits per heavy atom. The number of ether oxygens (including phenoxy) is 1. The van der Waals surface area contributed by atoms with E-state index in [4.69, 9.17) is 4.74 Å². The van der Waals surface area contributed by atoms with Crippen LogP contribution in [0.5, 0.6) is 5.75 Å². The van der Waals surface area contributed by atoms with E-state index in [0.29, 0.717) is 12.4 Å². The van der Waals surface area contributed by atoms with E-state index in [2.05, 4.69) is 9.71 Å². The van der Waals surface area contributed by atoms with Gasteiger partial charge in [0.15, 0.2) is 11.6 Å². The van der Waals surface area contributed by atoms with Crippen molar-refractivity contribution in [2.24, 2.45) is 0 Å². The average molecular weight is 368 g/mol. The van der Waals surface area contributed by atoms with Gasteiger partial charge in [0.1, 0.15) is 6.61 Å². The van der Waals surface area contributed by atoms with Gasteiger partial charge >= 0.3 is 0 Å². The van der Waals surface area contributed by atoms with Crippen LogP contribution in [0.4, 0.5) is 5.82 Å². The topological polar surface area (TPSA) is 68.3 Å². The number of pyridine rings is 1. The Kier molecular flexibility index (Phi) is 5.23. The molecule has 0 fully saturated rings. The van der Waals surface area contributed by atoms with E-state index in [1.54, 1.807) is 30.3 Å². The van der Waals surface area contributed by atoms with Gasteiger partial charge in [-0.15, -0.1) is 0 Å². The first-order valence-electron chi connectivity index (χ1n) is 8.17. The highest BCUT2D eigenvalue weighted by molar-refractivity contribution is 7.92. The van der Waals surface area contributed by atoms with Crippen LogP contribution in [-0.4, -0.2) is 13.4 Å². The van der Waals surface area contributed by atoms with Crippen molar-refractivity contribution < 1.29 is 13.2 Å². The summed E-state index contributed by atoms with van der Waals surface area (Å²) < 4.78 is 33.7. The highest BCUT2D eigenvalue weighted by atomic mass is 32.2. The van der Waals surface area contributed by atoms with Gasteiger partial charge in [-0.2, -0.15) is 0 Å². The number of hydrogen-bond acceptors (Lipinski definition) is 4. The zero-order chi connectivity index (χ0) is 18.6. The van der Waals surface area contributed by atoms with Crippen LogP contribution in [0.1, 0.15) is 16.7 Å². The lowest BCUT2D eigenvalue weighted by Crippen LogP contribution is -2.15. The van der Waals surface area contributed by atoms with E-state index >= 15 is 0 Å². The fourth-order valence-corrected chi connectivity index (χ4v) is 3.49. The van der Waals surface area contributed by atoms with Crippen LogP contribution in [0.2, 0.25) is 0 Å². The number of nitrogens with one attached hydrogen (secondary N) is 1. The molecule has 5 nitrogen and oxygen atoms in total. The van der Waals surface area contributed by atoms with E-state index < -0.39 is 10.0 Å². The molecule has 0 saturated heterocycles. The molecular weight excluding hydrogens is 348 g/mol. The van der Waals surface area contributed by atoms with Crippen molar-refractivity contribution in [1.82, 2.24) is 4.98 Å². The van der Waals surface area contributed by atoms with Gasteiger partial charge in [-0.3, -0.25) is 4.72 Å². The van der Waals surface area contributed by atoms with Crippen molar-refractivity contribution in [2.45, 2.75) is 25.3 Å². The summed E-state index contributed by atoms with van der Waals surface area (Å²) in [6.45, 7) is 4.14. The molecule has 3 aromatic rings. The molecule has 6 heteroatoms. The minimum absolute atomic E-state index is 0.168. The summed E-state index contributed by atoms with van der Waals surface area (Å²) in [5, 5.41) is 0. The van der Waals surface area contributed by atoms with Gasteiger partial charge in [-0.25, -0.2) is 13.4 Å². The number of nitrogens with zero attached hydrogens (tertiary/aromatic N) is 1. The zero-order valence-electron chi connectivity index (χ0n) is 14.6. The minimum atomic E-state index is -3.75. The van der Waals surface area contributed by atoms with Crippen molar-refractivity contribution in [3.05, 3.63) is 83.6 Å². The normalized spacial score (nSPS) is 11.2. The molecule has 0 saturated carbocycles. The third-order valence-electron chi connectivity index (χ3n) is 4.03. The number of anilines is 1. The number of aryl methyl sites for hydroxylation is 2. The summed E-state index contributed by atoms with van der Waals surface area (Å²) >= 11 is 0. The molecule has 2 aromatic carbocycles. The van der Waals surface area contributed by atoms with Gasteiger partial charge in [0.05, 0.1) is 4.90 Å². The SMILES string of the molecule is Cc1ccc(S(=O)(=O)Nc2ncccc2OCc2ccccc2)cc1C. The summed E-state index contributed by atoms with van der Waals surface area (Å²) in [7, 11) is -3.75. The molecule has 0 aliphatic rings. The van der Waals surface area contributed by atoms with Crippen LogP contribution in [0.3, 0.4) is 0 Å². The molecule has 0 aliphatic heterocycles. The first-order valence-corrected chi connectivity index (χ1v) is 9.66. The molecule has 134 valence electrons. The molecule has 3 rings (SSSR count). The second kappa shape index (κ2) is 7.58. The maximum Gasteiger partial charge on any atom is 0.263 e. The predicted octanol–water partition coefficient (Wildman–Crippen LogP) is 4.08. The second-order valence-corrected chi connectivity index (χ2v) is 7.66. The molecule has 0 amide bonds. The molecule has 26 heavy (non-hydrogen) atoms. The summed E-state index contributed by atoms with van der Waals surface area (Å²) in [5.41, 5.74) is 2.93. The molecule has 0 aliphatic carbocycles. The van der Waals surface area contributed by atoms with Crippen molar-refractivity contribution in [3.63, 3.8) is 0 Å². The van der Waals surface area contributed by atoms with Gasteiger partial charge in [-0.1, -0.05) is 36.4 Å². The Hall–Kier alpha value is -2.86. The number of benzene rings is 2. The van der Waals surface area contributed by atoms with Gasteiger partial charge < -0.3 is 4.74 Å². The van der Waals surface area contributed by atoms with E-state index in [-0.39, 0.29) is 10.7 Å². The Bertz CT molecular complexity index is 1000. The monoisotopic (exact) mass is 368 g/mol. The van der Waals surface area contributed by atoms with Gasteiger partial charge in [0.25, 0.3) is 10.0 Å².